The maximum absolute atomic E-state index is 8.91. The molecule has 3 heteroatoms. The van der Waals surface area contributed by atoms with Crippen molar-refractivity contribution in [1.29, 1.82) is 5.26 Å². The van der Waals surface area contributed by atoms with Crippen LogP contribution in [-0.2, 0) is 0 Å². The highest BCUT2D eigenvalue weighted by Gasteiger charge is 2.25. The first kappa shape index (κ1) is 16.2. The second-order valence-corrected chi connectivity index (χ2v) is 6.80. The maximum atomic E-state index is 8.91. The molecule has 1 aliphatic rings. The van der Waals surface area contributed by atoms with Gasteiger partial charge in [-0.25, -0.2) is 0 Å². The van der Waals surface area contributed by atoms with Crippen LogP contribution in [0, 0.1) is 25.2 Å². The Kier molecular flexibility index (Phi) is 6.54. The summed E-state index contributed by atoms with van der Waals surface area (Å²) in [5.41, 5.74) is 4.94. The van der Waals surface area contributed by atoms with Gasteiger partial charge in [-0.15, -0.1) is 23.5 Å². The molecule has 1 fully saturated rings. The van der Waals surface area contributed by atoms with Gasteiger partial charge in [0.05, 0.1) is 10.3 Å². The second-order valence-electron chi connectivity index (χ2n) is 4.30. The lowest BCUT2D eigenvalue weighted by Gasteiger charge is -2.12. The average Bonchev–Trinajstić information content (AvgIpc) is 2.89. The van der Waals surface area contributed by atoms with E-state index >= 15 is 0 Å². The Bertz CT molecular complexity index is 512. The molecule has 1 aliphatic heterocycles. The fourth-order valence-electron chi connectivity index (χ4n) is 1.93. The Labute approximate surface area is 125 Å². The van der Waals surface area contributed by atoms with Crippen LogP contribution in [0.5, 0.6) is 0 Å². The fourth-order valence-corrected chi connectivity index (χ4v) is 4.85. The summed E-state index contributed by atoms with van der Waals surface area (Å²) in [6.45, 7) is 10.2. The fraction of sp³-hybridized carbons (Fsp3) is 0.438. The highest BCUT2D eigenvalue weighted by atomic mass is 32.2. The summed E-state index contributed by atoms with van der Waals surface area (Å²) in [7, 11) is 0. The van der Waals surface area contributed by atoms with Gasteiger partial charge >= 0.3 is 0 Å². The van der Waals surface area contributed by atoms with E-state index in [9.17, 15) is 0 Å². The molecule has 0 aromatic heterocycles. The normalized spacial score (nSPS) is 20.3. The molecule has 0 amide bonds. The molecule has 1 aromatic rings. The van der Waals surface area contributed by atoms with E-state index in [1.54, 1.807) is 0 Å². The van der Waals surface area contributed by atoms with E-state index in [1.165, 1.54) is 20.9 Å². The summed E-state index contributed by atoms with van der Waals surface area (Å²) >= 11 is 3.65. The van der Waals surface area contributed by atoms with E-state index in [0.29, 0.717) is 5.25 Å². The van der Waals surface area contributed by atoms with E-state index < -0.39 is 0 Å². The van der Waals surface area contributed by atoms with E-state index in [0.717, 1.165) is 11.3 Å². The molecule has 0 unspecified atom stereocenters. The van der Waals surface area contributed by atoms with Crippen LogP contribution in [0.1, 0.15) is 42.7 Å². The van der Waals surface area contributed by atoms with Crippen molar-refractivity contribution in [3.05, 3.63) is 44.7 Å². The molecular weight excluding hydrogens is 270 g/mol. The Morgan fingerprint density at radius 1 is 1.32 bits per heavy atom. The summed E-state index contributed by atoms with van der Waals surface area (Å²) in [6.07, 6.45) is 0. The summed E-state index contributed by atoms with van der Waals surface area (Å²) in [4.78, 5) is 0. The number of nitriles is 1. The van der Waals surface area contributed by atoms with Crippen molar-refractivity contribution >= 4 is 23.5 Å². The molecule has 0 aliphatic carbocycles. The van der Waals surface area contributed by atoms with Crippen molar-refractivity contribution in [2.75, 3.05) is 5.75 Å². The minimum Gasteiger partial charge on any atom is -0.193 e. The minimum absolute atomic E-state index is 0.499. The largest absolute Gasteiger partial charge is 0.193 e. The smallest absolute Gasteiger partial charge is 0.0961 e. The predicted octanol–water partition coefficient (Wildman–Crippen LogP) is 5.61. The van der Waals surface area contributed by atoms with Crippen molar-refractivity contribution < 1.29 is 0 Å². The zero-order valence-electron chi connectivity index (χ0n) is 12.3. The Hall–Kier alpha value is -0.850. The number of hydrogen-bond acceptors (Lipinski definition) is 3. The Balaban J connectivity index is 0.000000861. The van der Waals surface area contributed by atoms with Gasteiger partial charge in [0.1, 0.15) is 0 Å². The number of hydrogen-bond donors (Lipinski definition) is 0. The quantitative estimate of drug-likeness (QED) is 0.629. The summed E-state index contributed by atoms with van der Waals surface area (Å²) in [5, 5.41) is 9.41. The van der Waals surface area contributed by atoms with Crippen LogP contribution in [0.2, 0.25) is 0 Å². The predicted molar refractivity (Wildman–Crippen MR) is 88.4 cm³/mol. The zero-order valence-corrected chi connectivity index (χ0v) is 13.9. The van der Waals surface area contributed by atoms with Crippen molar-refractivity contribution in [3.8, 4) is 6.07 Å². The second kappa shape index (κ2) is 7.67. The molecule has 1 nitrogen and oxygen atoms in total. The molecular formula is C16H21NS2. The monoisotopic (exact) mass is 291 g/mol. The molecule has 1 aromatic carbocycles. The third kappa shape index (κ3) is 4.06. The van der Waals surface area contributed by atoms with Crippen LogP contribution in [-0.4, -0.2) is 5.75 Å². The SMILES string of the molecule is C/C(C#N)=C1\SC[C@@H](c2ccc(C)cc2C)S1.CC. The van der Waals surface area contributed by atoms with Crippen molar-refractivity contribution in [2.45, 2.75) is 39.9 Å². The van der Waals surface area contributed by atoms with Gasteiger partial charge in [0.25, 0.3) is 0 Å². The molecule has 102 valence electrons. The van der Waals surface area contributed by atoms with Crippen LogP contribution >= 0.6 is 23.5 Å². The van der Waals surface area contributed by atoms with Crippen LogP contribution in [0.15, 0.2) is 28.0 Å². The van der Waals surface area contributed by atoms with Gasteiger partial charge in [-0.1, -0.05) is 37.6 Å². The third-order valence-corrected chi connectivity index (χ3v) is 6.01. The number of rotatable bonds is 1. The molecule has 19 heavy (non-hydrogen) atoms. The molecule has 0 spiro atoms. The molecule has 1 atom stereocenters. The van der Waals surface area contributed by atoms with Gasteiger partial charge in [-0.2, -0.15) is 5.26 Å². The molecule has 0 saturated carbocycles. The van der Waals surface area contributed by atoms with Crippen LogP contribution in [0.25, 0.3) is 0 Å². The lowest BCUT2D eigenvalue weighted by atomic mass is 10.0. The highest BCUT2D eigenvalue weighted by Crippen LogP contribution is 2.51. The van der Waals surface area contributed by atoms with E-state index in [-0.39, 0.29) is 0 Å². The van der Waals surface area contributed by atoms with Crippen LogP contribution in [0.4, 0.5) is 0 Å². The topological polar surface area (TPSA) is 23.8 Å². The summed E-state index contributed by atoms with van der Waals surface area (Å²) in [5.74, 6) is 1.07. The van der Waals surface area contributed by atoms with Gasteiger partial charge in [0, 0.05) is 16.6 Å². The summed E-state index contributed by atoms with van der Waals surface area (Å²) in [6, 6.07) is 8.88. The van der Waals surface area contributed by atoms with Gasteiger partial charge in [-0.3, -0.25) is 0 Å². The van der Waals surface area contributed by atoms with Gasteiger partial charge in [0.2, 0.25) is 0 Å². The summed E-state index contributed by atoms with van der Waals surface area (Å²) < 4.78 is 1.19. The molecule has 0 radical (unpaired) electrons. The number of benzene rings is 1. The Morgan fingerprint density at radius 2 is 2.00 bits per heavy atom. The third-order valence-electron chi connectivity index (χ3n) is 2.86. The number of allylic oxidation sites excluding steroid dienone is 1. The first-order chi connectivity index (χ1) is 9.11. The van der Waals surface area contributed by atoms with E-state index in [4.69, 9.17) is 5.26 Å². The Morgan fingerprint density at radius 3 is 2.58 bits per heavy atom. The zero-order chi connectivity index (χ0) is 14.4. The minimum atomic E-state index is 0.499. The standard InChI is InChI=1S/C14H15NS2.C2H6/c1-9-4-5-12(10(2)6-9)13-8-16-14(17-13)11(3)7-15;1-2/h4-6,13H,8H2,1-3H3;1-2H3/b14-11-;/t13-;/m0./s1. The van der Waals surface area contributed by atoms with Gasteiger partial charge in [-0.05, 0) is 31.9 Å². The van der Waals surface area contributed by atoms with E-state index in [1.807, 2.05) is 44.3 Å². The molecule has 2 rings (SSSR count). The lowest BCUT2D eigenvalue weighted by molar-refractivity contribution is 1.10. The molecule has 1 saturated heterocycles. The van der Waals surface area contributed by atoms with E-state index in [2.05, 4.69) is 38.1 Å². The molecule has 1 heterocycles. The van der Waals surface area contributed by atoms with Crippen LogP contribution < -0.4 is 0 Å². The lowest BCUT2D eigenvalue weighted by Crippen LogP contribution is -1.95. The molecule has 0 bridgehead atoms. The average molecular weight is 291 g/mol. The van der Waals surface area contributed by atoms with Crippen molar-refractivity contribution in [1.82, 2.24) is 0 Å². The first-order valence-electron chi connectivity index (χ1n) is 6.59. The molecule has 0 N–H and O–H groups in total. The first-order valence-corrected chi connectivity index (χ1v) is 8.46. The van der Waals surface area contributed by atoms with Gasteiger partial charge < -0.3 is 0 Å². The van der Waals surface area contributed by atoms with Crippen molar-refractivity contribution in [2.24, 2.45) is 0 Å². The highest BCUT2D eigenvalue weighted by molar-refractivity contribution is 8.25. The number of thioether (sulfide) groups is 2. The number of aryl methyl sites for hydroxylation is 2. The van der Waals surface area contributed by atoms with Gasteiger partial charge in [0.15, 0.2) is 0 Å². The maximum Gasteiger partial charge on any atom is 0.0961 e. The van der Waals surface area contributed by atoms with Crippen molar-refractivity contribution in [3.63, 3.8) is 0 Å². The van der Waals surface area contributed by atoms with Crippen LogP contribution in [0.3, 0.4) is 0 Å². The number of nitrogens with zero attached hydrogens (tertiary/aromatic N) is 1.